The van der Waals surface area contributed by atoms with E-state index in [1.165, 1.54) is 0 Å². The van der Waals surface area contributed by atoms with Gasteiger partial charge < -0.3 is 24.7 Å². The molecule has 0 bridgehead atoms. The van der Waals surface area contributed by atoms with Crippen LogP contribution in [-0.2, 0) is 9.53 Å². The van der Waals surface area contributed by atoms with Crippen molar-refractivity contribution in [1.29, 1.82) is 0 Å². The van der Waals surface area contributed by atoms with Crippen molar-refractivity contribution in [2.45, 2.75) is 19.8 Å². The van der Waals surface area contributed by atoms with Gasteiger partial charge in [-0.15, -0.1) is 0 Å². The second kappa shape index (κ2) is 7.29. The summed E-state index contributed by atoms with van der Waals surface area (Å²) >= 11 is 0. The highest BCUT2D eigenvalue weighted by Gasteiger charge is 2.33. The van der Waals surface area contributed by atoms with E-state index in [-0.39, 0.29) is 6.79 Å². The molecule has 2 N–H and O–H groups in total. The Morgan fingerprint density at radius 1 is 1.13 bits per heavy atom. The maximum absolute atomic E-state index is 12.6. The van der Waals surface area contributed by atoms with Crippen LogP contribution in [0.25, 0.3) is 5.70 Å². The Balaban J connectivity index is 1.61. The summed E-state index contributed by atoms with van der Waals surface area (Å²) in [7, 11) is 0. The lowest BCUT2D eigenvalue weighted by Crippen LogP contribution is -2.33. The highest BCUT2D eigenvalue weighted by Crippen LogP contribution is 2.44. The second-order valence-corrected chi connectivity index (χ2v) is 7.21. The van der Waals surface area contributed by atoms with Crippen molar-refractivity contribution in [1.82, 2.24) is 0 Å². The molecule has 0 fully saturated rings. The largest absolute Gasteiger partial charge is 0.488 e. The van der Waals surface area contributed by atoms with Gasteiger partial charge >= 0.3 is 5.97 Å². The normalized spacial score (nSPS) is 16.4. The van der Waals surface area contributed by atoms with E-state index in [2.05, 4.69) is 5.10 Å². The number of carbonyl (C=O) groups excluding carboxylic acids is 1. The molecule has 3 aliphatic heterocycles. The number of nitrogens with zero attached hydrogens (tertiary/aromatic N) is 2. The van der Waals surface area contributed by atoms with Crippen molar-refractivity contribution < 1.29 is 23.7 Å². The van der Waals surface area contributed by atoms with Crippen LogP contribution in [0.1, 0.15) is 25.3 Å². The third-order valence-corrected chi connectivity index (χ3v) is 5.08. The molecule has 8 nitrogen and oxygen atoms in total. The zero-order valence-corrected chi connectivity index (χ0v) is 16.5. The maximum Gasteiger partial charge on any atom is 0.354 e. The number of nitrogen functional groups attached to an aromatic ring is 1. The minimum Gasteiger partial charge on any atom is -0.488 e. The summed E-state index contributed by atoms with van der Waals surface area (Å²) in [5.41, 5.74) is 10.4. The Morgan fingerprint density at radius 3 is 2.83 bits per heavy atom. The van der Waals surface area contributed by atoms with E-state index in [0.29, 0.717) is 42.5 Å². The topological polar surface area (TPSA) is 95.6 Å². The maximum atomic E-state index is 12.6. The number of carbonyl (C=O) groups is 1. The van der Waals surface area contributed by atoms with Gasteiger partial charge in [0.2, 0.25) is 6.79 Å². The van der Waals surface area contributed by atoms with Crippen LogP contribution < -0.4 is 25.0 Å². The molecule has 2 aromatic rings. The lowest BCUT2D eigenvalue weighted by atomic mass is 9.96. The number of hydrogen-bond donors (Lipinski definition) is 1. The van der Waals surface area contributed by atoms with Crippen LogP contribution in [0.15, 0.2) is 47.1 Å². The quantitative estimate of drug-likeness (QED) is 0.613. The summed E-state index contributed by atoms with van der Waals surface area (Å²) in [6.07, 6.45) is 1.10. The summed E-state index contributed by atoms with van der Waals surface area (Å²) in [6.45, 7) is 2.83. The second-order valence-electron chi connectivity index (χ2n) is 7.21. The number of ether oxygens (including phenoxy) is 4. The number of anilines is 2. The number of benzene rings is 2. The zero-order chi connectivity index (χ0) is 20.7. The smallest absolute Gasteiger partial charge is 0.354 e. The molecule has 3 heterocycles. The highest BCUT2D eigenvalue weighted by molar-refractivity contribution is 6.38. The SMILES string of the molecule is CCCOC(=O)C1=NN(c2ccc3c(c2)OCO3)C2=C(COc3ccc(N)cc32)C1. The molecular formula is C22H21N3O5. The van der Waals surface area contributed by atoms with E-state index in [4.69, 9.17) is 24.7 Å². The fourth-order valence-electron chi connectivity index (χ4n) is 3.68. The Bertz CT molecular complexity index is 1090. The van der Waals surface area contributed by atoms with E-state index in [1.807, 2.05) is 37.3 Å². The first-order valence-electron chi connectivity index (χ1n) is 9.83. The summed E-state index contributed by atoms with van der Waals surface area (Å²) in [4.78, 5) is 12.6. The first-order chi connectivity index (χ1) is 14.6. The lowest BCUT2D eigenvalue weighted by Gasteiger charge is -2.34. The number of rotatable bonds is 4. The van der Waals surface area contributed by atoms with Gasteiger partial charge in [0, 0.05) is 23.7 Å². The molecule has 0 spiro atoms. The van der Waals surface area contributed by atoms with Crippen LogP contribution in [0.3, 0.4) is 0 Å². The van der Waals surface area contributed by atoms with Crippen molar-refractivity contribution in [3.05, 3.63) is 47.5 Å². The van der Waals surface area contributed by atoms with Crippen LogP contribution in [-0.4, -0.2) is 31.7 Å². The summed E-state index contributed by atoms with van der Waals surface area (Å²) < 4.78 is 22.2. The molecule has 30 heavy (non-hydrogen) atoms. The number of fused-ring (bicyclic) bond motifs is 3. The first-order valence-corrected chi connectivity index (χ1v) is 9.83. The fraction of sp³-hybridized carbons (Fsp3) is 0.273. The molecule has 0 atom stereocenters. The Labute approximate surface area is 173 Å². The molecule has 5 rings (SSSR count). The van der Waals surface area contributed by atoms with Gasteiger partial charge in [0.25, 0.3) is 0 Å². The molecule has 2 aromatic carbocycles. The van der Waals surface area contributed by atoms with Gasteiger partial charge in [0.1, 0.15) is 12.4 Å². The van der Waals surface area contributed by atoms with Crippen molar-refractivity contribution in [2.24, 2.45) is 5.10 Å². The van der Waals surface area contributed by atoms with Gasteiger partial charge in [-0.25, -0.2) is 9.80 Å². The van der Waals surface area contributed by atoms with Crippen molar-refractivity contribution in [3.63, 3.8) is 0 Å². The van der Waals surface area contributed by atoms with Crippen LogP contribution in [0.2, 0.25) is 0 Å². The summed E-state index contributed by atoms with van der Waals surface area (Å²) in [5.74, 6) is 1.60. The van der Waals surface area contributed by atoms with E-state index in [9.17, 15) is 4.79 Å². The van der Waals surface area contributed by atoms with E-state index in [1.54, 1.807) is 11.1 Å². The molecule has 0 amide bonds. The van der Waals surface area contributed by atoms with Gasteiger partial charge in [-0.05, 0) is 42.3 Å². The van der Waals surface area contributed by atoms with Crippen LogP contribution in [0.4, 0.5) is 11.4 Å². The van der Waals surface area contributed by atoms with Gasteiger partial charge in [0.15, 0.2) is 17.2 Å². The molecule has 3 aliphatic rings. The average molecular weight is 407 g/mol. The van der Waals surface area contributed by atoms with E-state index in [0.717, 1.165) is 34.7 Å². The highest BCUT2D eigenvalue weighted by atomic mass is 16.7. The molecular weight excluding hydrogens is 386 g/mol. The predicted octanol–water partition coefficient (Wildman–Crippen LogP) is 3.32. The van der Waals surface area contributed by atoms with Crippen molar-refractivity contribution in [2.75, 3.05) is 30.7 Å². The standard InChI is InChI=1S/C22H21N3O5/c1-2-7-27-22(26)17-8-13-11-28-18-5-3-14(23)9-16(18)21(13)25(24-17)15-4-6-19-20(10-15)30-12-29-19/h3-6,9-10H,2,7-8,11-12,23H2,1H3. The van der Waals surface area contributed by atoms with Gasteiger partial charge in [-0.2, -0.15) is 5.10 Å². The van der Waals surface area contributed by atoms with Crippen molar-refractivity contribution in [3.8, 4) is 17.2 Å². The third-order valence-electron chi connectivity index (χ3n) is 5.08. The molecule has 0 unspecified atom stereocenters. The average Bonchev–Trinajstić information content (AvgIpc) is 3.24. The summed E-state index contributed by atoms with van der Waals surface area (Å²) in [5, 5.41) is 6.41. The number of esters is 1. The molecule has 8 heteroatoms. The molecule has 0 aromatic heterocycles. The van der Waals surface area contributed by atoms with Gasteiger partial charge in [-0.1, -0.05) is 6.92 Å². The molecule has 0 saturated carbocycles. The minimum atomic E-state index is -0.424. The summed E-state index contributed by atoms with van der Waals surface area (Å²) in [6, 6.07) is 11.1. The van der Waals surface area contributed by atoms with Crippen LogP contribution >= 0.6 is 0 Å². The first kappa shape index (κ1) is 18.4. The van der Waals surface area contributed by atoms with Gasteiger partial charge in [-0.3, -0.25) is 0 Å². The number of hydrogen-bond acceptors (Lipinski definition) is 8. The monoisotopic (exact) mass is 407 g/mol. The Hall–Kier alpha value is -3.68. The third kappa shape index (κ3) is 3.10. The van der Waals surface area contributed by atoms with E-state index >= 15 is 0 Å². The van der Waals surface area contributed by atoms with E-state index < -0.39 is 5.97 Å². The zero-order valence-electron chi connectivity index (χ0n) is 16.5. The fourth-order valence-corrected chi connectivity index (χ4v) is 3.68. The molecule has 154 valence electrons. The molecule has 0 radical (unpaired) electrons. The van der Waals surface area contributed by atoms with Gasteiger partial charge in [0.05, 0.1) is 18.0 Å². The number of nitrogens with two attached hydrogens (primary N) is 1. The Kier molecular flexibility index (Phi) is 4.46. The minimum absolute atomic E-state index is 0.178. The number of hydrazone groups is 1. The van der Waals surface area contributed by atoms with Crippen LogP contribution in [0, 0.1) is 0 Å². The van der Waals surface area contributed by atoms with Crippen molar-refractivity contribution >= 4 is 28.8 Å². The van der Waals surface area contributed by atoms with Crippen LogP contribution in [0.5, 0.6) is 17.2 Å². The molecule has 0 saturated heterocycles. The lowest BCUT2D eigenvalue weighted by molar-refractivity contribution is -0.135. The Morgan fingerprint density at radius 2 is 1.97 bits per heavy atom. The predicted molar refractivity (Wildman–Crippen MR) is 112 cm³/mol. The molecule has 0 aliphatic carbocycles.